The van der Waals surface area contributed by atoms with E-state index in [-0.39, 0.29) is 30.2 Å². The topological polar surface area (TPSA) is 81.5 Å². The maximum atomic E-state index is 13.3. The van der Waals surface area contributed by atoms with Gasteiger partial charge < -0.3 is 19.9 Å². The highest BCUT2D eigenvalue weighted by molar-refractivity contribution is 5.81. The average molecular weight is 552 g/mol. The van der Waals surface area contributed by atoms with Crippen molar-refractivity contribution in [3.8, 4) is 6.07 Å². The molecule has 0 radical (unpaired) electrons. The lowest BCUT2D eigenvalue weighted by Crippen LogP contribution is -2.50. The van der Waals surface area contributed by atoms with Crippen LogP contribution in [0.3, 0.4) is 0 Å². The van der Waals surface area contributed by atoms with Gasteiger partial charge in [-0.05, 0) is 75.1 Å². The van der Waals surface area contributed by atoms with Crippen LogP contribution in [0, 0.1) is 18.3 Å². The molecular weight excluding hydrogens is 519 g/mol. The van der Waals surface area contributed by atoms with Crippen molar-refractivity contribution in [3.63, 3.8) is 0 Å². The molecule has 1 saturated heterocycles. The van der Waals surface area contributed by atoms with Gasteiger partial charge in [0.05, 0.1) is 28.8 Å². The third kappa shape index (κ3) is 6.48. The van der Waals surface area contributed by atoms with Gasteiger partial charge >= 0.3 is 6.18 Å². The number of hydrogen-bond donors (Lipinski definition) is 1. The van der Waals surface area contributed by atoms with Crippen LogP contribution in [-0.4, -0.2) is 60.7 Å². The van der Waals surface area contributed by atoms with Crippen LogP contribution >= 0.6 is 0 Å². The number of nitrogens with one attached hydrogen (secondary N) is 1. The van der Waals surface area contributed by atoms with Gasteiger partial charge in [0.1, 0.15) is 12.4 Å². The first kappa shape index (κ1) is 27.7. The fraction of sp³-hybridized carbons (Fsp3) is 0.433. The smallest absolute Gasteiger partial charge is 0.382 e. The van der Waals surface area contributed by atoms with Crippen molar-refractivity contribution in [2.45, 2.75) is 50.9 Å². The van der Waals surface area contributed by atoms with Crippen molar-refractivity contribution in [3.05, 3.63) is 65.2 Å². The Kier molecular flexibility index (Phi) is 8.12. The van der Waals surface area contributed by atoms with Crippen LogP contribution in [0.15, 0.2) is 48.5 Å². The molecule has 0 atom stereocenters. The summed E-state index contributed by atoms with van der Waals surface area (Å²) < 4.78 is 45.7. The summed E-state index contributed by atoms with van der Waals surface area (Å²) >= 11 is 0. The van der Waals surface area contributed by atoms with E-state index in [9.17, 15) is 18.0 Å². The molecule has 7 nitrogen and oxygen atoms in total. The van der Waals surface area contributed by atoms with Crippen molar-refractivity contribution in [2.75, 3.05) is 43.0 Å². The summed E-state index contributed by atoms with van der Waals surface area (Å²) in [6, 6.07) is 15.6. The number of ether oxygens (including phenoxy) is 1. The summed E-state index contributed by atoms with van der Waals surface area (Å²) in [6.07, 6.45) is -1.77. The molecule has 1 aliphatic carbocycles. The second-order valence-electron chi connectivity index (χ2n) is 10.5. The minimum Gasteiger partial charge on any atom is -0.382 e. The Morgan fingerprint density at radius 1 is 1.05 bits per heavy atom. The quantitative estimate of drug-likeness (QED) is 0.435. The molecule has 2 aliphatic rings. The van der Waals surface area contributed by atoms with Gasteiger partial charge in [0.2, 0.25) is 5.91 Å². The zero-order valence-corrected chi connectivity index (χ0v) is 22.4. The minimum absolute atomic E-state index is 0.00499. The van der Waals surface area contributed by atoms with Crippen LogP contribution in [-0.2, 0) is 15.7 Å². The highest BCUT2D eigenvalue weighted by Gasteiger charge is 2.34. The molecule has 3 aromatic rings. The number of nitriles is 1. The molecule has 2 heterocycles. The van der Waals surface area contributed by atoms with Gasteiger partial charge in [0.25, 0.3) is 0 Å². The second-order valence-corrected chi connectivity index (χ2v) is 10.5. The maximum absolute atomic E-state index is 13.3. The van der Waals surface area contributed by atoms with E-state index in [2.05, 4.69) is 35.3 Å². The lowest BCUT2D eigenvalue weighted by atomic mass is 9.92. The van der Waals surface area contributed by atoms with E-state index in [1.165, 1.54) is 17.7 Å². The van der Waals surface area contributed by atoms with Gasteiger partial charge in [-0.1, -0.05) is 11.6 Å². The summed E-state index contributed by atoms with van der Waals surface area (Å²) in [5.74, 6) is 0.889. The Bertz CT molecular complexity index is 1400. The summed E-state index contributed by atoms with van der Waals surface area (Å²) in [5, 5.41) is 13.3. The third-order valence-electron chi connectivity index (χ3n) is 7.72. The van der Waals surface area contributed by atoms with Crippen LogP contribution in [0.1, 0.15) is 42.4 Å². The summed E-state index contributed by atoms with van der Waals surface area (Å²) in [6.45, 7) is 4.72. The number of alkyl halides is 3. The Balaban J connectivity index is 1.05. The first-order valence-corrected chi connectivity index (χ1v) is 13.6. The fourth-order valence-corrected chi connectivity index (χ4v) is 5.45. The number of aryl methyl sites for hydroxylation is 1. The van der Waals surface area contributed by atoms with E-state index < -0.39 is 11.7 Å². The molecule has 210 valence electrons. The molecule has 2 fully saturated rings. The van der Waals surface area contributed by atoms with Crippen LogP contribution in [0.25, 0.3) is 10.9 Å². The van der Waals surface area contributed by atoms with E-state index >= 15 is 0 Å². The van der Waals surface area contributed by atoms with Gasteiger partial charge in [-0.3, -0.25) is 4.79 Å². The Hall–Kier alpha value is -3.84. The first-order chi connectivity index (χ1) is 19.2. The number of halogens is 3. The van der Waals surface area contributed by atoms with Crippen molar-refractivity contribution < 1.29 is 22.7 Å². The van der Waals surface area contributed by atoms with Gasteiger partial charge in [-0.2, -0.15) is 18.4 Å². The Labute approximate surface area is 231 Å². The molecule has 1 aromatic heterocycles. The molecule has 2 aromatic carbocycles. The van der Waals surface area contributed by atoms with Crippen LogP contribution in [0.4, 0.5) is 24.7 Å². The van der Waals surface area contributed by atoms with Crippen molar-refractivity contribution >= 4 is 28.3 Å². The van der Waals surface area contributed by atoms with E-state index in [1.54, 1.807) is 6.07 Å². The number of rotatable bonds is 6. The van der Waals surface area contributed by atoms with Crippen molar-refractivity contribution in [2.24, 2.45) is 0 Å². The predicted octanol–water partition coefficient (Wildman–Crippen LogP) is 5.52. The molecule has 1 amide bonds. The van der Waals surface area contributed by atoms with Gasteiger partial charge in [0.15, 0.2) is 0 Å². The standard InChI is InChI=1S/C30H32F3N5O2/c1-20-2-10-27-21(16-20)4-11-28(36-27)37-12-14-38(15-13-37)29(39)19-40-25-8-6-23(7-9-25)35-24-5-3-22(18-34)26(17-24)30(31,32)33/h2-5,10-11,16-17,23,25,35H,6-9,12-15,19H2,1H3. The van der Waals surface area contributed by atoms with Gasteiger partial charge in [-0.25, -0.2) is 4.98 Å². The SMILES string of the molecule is Cc1ccc2nc(N3CCN(C(=O)COC4CCC(Nc5ccc(C#N)c(C(F)(F)F)c5)CC4)CC3)ccc2c1. The zero-order chi connectivity index (χ0) is 28.3. The van der Waals surface area contributed by atoms with Crippen LogP contribution in [0.5, 0.6) is 0 Å². The van der Waals surface area contributed by atoms with E-state index in [0.29, 0.717) is 44.7 Å². The number of pyridine rings is 1. The number of aromatic nitrogens is 1. The molecule has 0 unspecified atom stereocenters. The normalized spacial score (nSPS) is 19.9. The number of carbonyl (C=O) groups is 1. The molecule has 0 bridgehead atoms. The molecule has 10 heteroatoms. The lowest BCUT2D eigenvalue weighted by molar-refractivity contribution is -0.139. The number of carbonyl (C=O) groups excluding carboxylic acids is 1. The summed E-state index contributed by atoms with van der Waals surface area (Å²) in [7, 11) is 0. The number of benzene rings is 2. The van der Waals surface area contributed by atoms with E-state index in [0.717, 1.165) is 35.6 Å². The highest BCUT2D eigenvalue weighted by Crippen LogP contribution is 2.34. The second kappa shape index (κ2) is 11.7. The number of fused-ring (bicyclic) bond motifs is 1. The van der Waals surface area contributed by atoms with Gasteiger partial charge in [0, 0.05) is 43.3 Å². The highest BCUT2D eigenvalue weighted by atomic mass is 19.4. The molecule has 1 N–H and O–H groups in total. The Morgan fingerprint density at radius 2 is 1.80 bits per heavy atom. The zero-order valence-electron chi connectivity index (χ0n) is 22.4. The fourth-order valence-electron chi connectivity index (χ4n) is 5.45. The van der Waals surface area contributed by atoms with Crippen molar-refractivity contribution in [1.29, 1.82) is 5.26 Å². The molecule has 0 spiro atoms. The van der Waals surface area contributed by atoms with Crippen LogP contribution in [0.2, 0.25) is 0 Å². The third-order valence-corrected chi connectivity index (χ3v) is 7.72. The average Bonchev–Trinajstić information content (AvgIpc) is 2.96. The predicted molar refractivity (Wildman–Crippen MR) is 147 cm³/mol. The maximum Gasteiger partial charge on any atom is 0.417 e. The number of nitrogens with zero attached hydrogens (tertiary/aromatic N) is 4. The number of hydrogen-bond acceptors (Lipinski definition) is 6. The molecule has 1 saturated carbocycles. The minimum atomic E-state index is -4.58. The summed E-state index contributed by atoms with van der Waals surface area (Å²) in [4.78, 5) is 21.6. The van der Waals surface area contributed by atoms with Gasteiger partial charge in [-0.15, -0.1) is 0 Å². The Morgan fingerprint density at radius 3 is 2.50 bits per heavy atom. The van der Waals surface area contributed by atoms with Crippen molar-refractivity contribution in [1.82, 2.24) is 9.88 Å². The first-order valence-electron chi connectivity index (χ1n) is 13.6. The lowest BCUT2D eigenvalue weighted by Gasteiger charge is -2.36. The molecule has 1 aliphatic heterocycles. The molecule has 5 rings (SSSR count). The number of anilines is 2. The van der Waals surface area contributed by atoms with E-state index in [4.69, 9.17) is 15.0 Å². The summed E-state index contributed by atoms with van der Waals surface area (Å²) in [5.41, 5.74) is 1.19. The monoisotopic (exact) mass is 551 g/mol. The van der Waals surface area contributed by atoms with E-state index in [1.807, 2.05) is 17.0 Å². The molecular formula is C30H32F3N5O2. The molecule has 40 heavy (non-hydrogen) atoms. The number of amides is 1. The van der Waals surface area contributed by atoms with Crippen LogP contribution < -0.4 is 10.2 Å². The largest absolute Gasteiger partial charge is 0.417 e. The number of piperazine rings is 1.